The lowest BCUT2D eigenvalue weighted by Crippen LogP contribution is -2.41. The molecule has 3 heterocycles. The number of aryl methyl sites for hydroxylation is 2. The van der Waals surface area contributed by atoms with Crippen LogP contribution in [0.5, 0.6) is 0 Å². The Labute approximate surface area is 150 Å². The molecule has 7 heteroatoms. The second-order valence-electron chi connectivity index (χ2n) is 7.18. The summed E-state index contributed by atoms with van der Waals surface area (Å²) < 4.78 is 7.80. The minimum absolute atomic E-state index is 0.620. The van der Waals surface area contributed by atoms with Crippen LogP contribution in [0.1, 0.15) is 43.8 Å². The van der Waals surface area contributed by atoms with E-state index in [1.807, 2.05) is 7.05 Å². The molecule has 1 atom stereocenters. The number of hydrogen-bond acceptors (Lipinski definition) is 4. The van der Waals surface area contributed by atoms with Gasteiger partial charge in [-0.25, -0.2) is 0 Å². The molecular weight excluding hydrogens is 316 g/mol. The Kier molecular flexibility index (Phi) is 6.67. The van der Waals surface area contributed by atoms with E-state index < -0.39 is 0 Å². The molecule has 1 unspecified atom stereocenters. The normalized spacial score (nSPS) is 21.0. The van der Waals surface area contributed by atoms with E-state index in [1.54, 1.807) is 0 Å². The molecule has 1 fully saturated rings. The third-order valence-corrected chi connectivity index (χ3v) is 5.18. The molecule has 140 valence electrons. The number of guanidine groups is 1. The van der Waals surface area contributed by atoms with Crippen LogP contribution in [0.15, 0.2) is 4.99 Å². The molecule has 25 heavy (non-hydrogen) atoms. The standard InChI is InChI=1S/C18H32N6O/c1-19-18(23(2)13-15-9-12-25-14-15)20-10-6-8-17-22-21-16-7-4-3-5-11-24(16)17/h15H,3-14H2,1-2H3,(H,19,20). The lowest BCUT2D eigenvalue weighted by Gasteiger charge is -2.24. The Morgan fingerprint density at radius 1 is 1.36 bits per heavy atom. The van der Waals surface area contributed by atoms with Crippen molar-refractivity contribution in [2.45, 2.75) is 51.5 Å². The van der Waals surface area contributed by atoms with Gasteiger partial charge >= 0.3 is 0 Å². The van der Waals surface area contributed by atoms with E-state index in [0.29, 0.717) is 5.92 Å². The first-order chi connectivity index (χ1) is 12.3. The van der Waals surface area contributed by atoms with E-state index in [-0.39, 0.29) is 0 Å². The van der Waals surface area contributed by atoms with Crippen LogP contribution in [0.4, 0.5) is 0 Å². The van der Waals surface area contributed by atoms with Gasteiger partial charge in [0.15, 0.2) is 5.96 Å². The zero-order chi connectivity index (χ0) is 17.5. The molecule has 1 aromatic heterocycles. The summed E-state index contributed by atoms with van der Waals surface area (Å²) in [6, 6.07) is 0. The van der Waals surface area contributed by atoms with Crippen LogP contribution in [0.25, 0.3) is 0 Å². The van der Waals surface area contributed by atoms with Gasteiger partial charge in [0, 0.05) is 59.1 Å². The minimum Gasteiger partial charge on any atom is -0.381 e. The number of nitrogens with one attached hydrogen (secondary N) is 1. The second kappa shape index (κ2) is 9.17. The summed E-state index contributed by atoms with van der Waals surface area (Å²) in [5, 5.41) is 12.3. The molecule has 0 amide bonds. The number of ether oxygens (including phenoxy) is 1. The molecule has 0 aromatic carbocycles. The highest BCUT2D eigenvalue weighted by Crippen LogP contribution is 2.15. The first kappa shape index (κ1) is 18.2. The van der Waals surface area contributed by atoms with Crippen LogP contribution in [-0.2, 0) is 24.1 Å². The first-order valence-corrected chi connectivity index (χ1v) is 9.68. The van der Waals surface area contributed by atoms with Crippen molar-refractivity contribution in [2.75, 3.05) is 40.4 Å². The SMILES string of the molecule is CN=C(NCCCc1nnc2n1CCCCC2)N(C)CC1CCOC1. The third-order valence-electron chi connectivity index (χ3n) is 5.18. The molecule has 1 aromatic rings. The lowest BCUT2D eigenvalue weighted by molar-refractivity contribution is 0.181. The maximum atomic E-state index is 5.46. The number of hydrogen-bond donors (Lipinski definition) is 1. The molecule has 0 aliphatic carbocycles. The van der Waals surface area contributed by atoms with Gasteiger partial charge < -0.3 is 19.5 Å². The number of fused-ring (bicyclic) bond motifs is 1. The summed E-state index contributed by atoms with van der Waals surface area (Å²) in [4.78, 5) is 6.62. The van der Waals surface area contributed by atoms with Gasteiger partial charge in [-0.05, 0) is 25.7 Å². The van der Waals surface area contributed by atoms with Crippen molar-refractivity contribution in [1.29, 1.82) is 0 Å². The van der Waals surface area contributed by atoms with Crippen molar-refractivity contribution in [1.82, 2.24) is 25.0 Å². The average Bonchev–Trinajstić information content (AvgIpc) is 3.19. The molecule has 1 saturated heterocycles. The van der Waals surface area contributed by atoms with Crippen molar-refractivity contribution in [3.05, 3.63) is 11.6 Å². The number of aliphatic imine (C=N–C) groups is 1. The molecule has 0 saturated carbocycles. The van der Waals surface area contributed by atoms with Gasteiger partial charge in [0.25, 0.3) is 0 Å². The van der Waals surface area contributed by atoms with Crippen LogP contribution < -0.4 is 5.32 Å². The monoisotopic (exact) mass is 348 g/mol. The molecular formula is C18H32N6O. The van der Waals surface area contributed by atoms with Gasteiger partial charge in [-0.15, -0.1) is 10.2 Å². The highest BCUT2D eigenvalue weighted by atomic mass is 16.5. The minimum atomic E-state index is 0.620. The largest absolute Gasteiger partial charge is 0.381 e. The molecule has 0 radical (unpaired) electrons. The summed E-state index contributed by atoms with van der Waals surface area (Å²) in [7, 11) is 3.95. The smallest absolute Gasteiger partial charge is 0.193 e. The highest BCUT2D eigenvalue weighted by Gasteiger charge is 2.19. The Morgan fingerprint density at radius 2 is 2.28 bits per heavy atom. The third kappa shape index (κ3) is 4.93. The molecule has 0 spiro atoms. The van der Waals surface area contributed by atoms with E-state index >= 15 is 0 Å². The van der Waals surface area contributed by atoms with Crippen molar-refractivity contribution >= 4 is 5.96 Å². The molecule has 1 N–H and O–H groups in total. The van der Waals surface area contributed by atoms with E-state index in [9.17, 15) is 0 Å². The molecule has 0 bridgehead atoms. The van der Waals surface area contributed by atoms with Crippen molar-refractivity contribution in [3.8, 4) is 0 Å². The fourth-order valence-corrected chi connectivity index (χ4v) is 3.76. The summed E-state index contributed by atoms with van der Waals surface area (Å²) in [6.07, 6.45) is 8.04. The number of aromatic nitrogens is 3. The average molecular weight is 348 g/mol. The van der Waals surface area contributed by atoms with Crippen molar-refractivity contribution in [3.63, 3.8) is 0 Å². The molecule has 3 rings (SSSR count). The van der Waals surface area contributed by atoms with Gasteiger partial charge in [-0.2, -0.15) is 0 Å². The molecule has 2 aliphatic heterocycles. The fraction of sp³-hybridized carbons (Fsp3) is 0.833. The summed E-state index contributed by atoms with van der Waals surface area (Å²) in [5.74, 6) is 3.90. The van der Waals surface area contributed by atoms with E-state index in [4.69, 9.17) is 4.74 Å². The van der Waals surface area contributed by atoms with E-state index in [1.165, 1.54) is 25.1 Å². The predicted octanol–water partition coefficient (Wildman–Crippen LogP) is 1.48. The summed E-state index contributed by atoms with van der Waals surface area (Å²) in [5.41, 5.74) is 0. The Hall–Kier alpha value is -1.63. The van der Waals surface area contributed by atoms with Crippen LogP contribution in [0.2, 0.25) is 0 Å². The topological polar surface area (TPSA) is 67.6 Å². The van der Waals surface area contributed by atoms with Crippen LogP contribution >= 0.6 is 0 Å². The van der Waals surface area contributed by atoms with E-state index in [2.05, 4.69) is 37.0 Å². The van der Waals surface area contributed by atoms with Crippen LogP contribution in [0.3, 0.4) is 0 Å². The van der Waals surface area contributed by atoms with E-state index in [0.717, 1.165) is 70.3 Å². The van der Waals surface area contributed by atoms with Crippen molar-refractivity contribution in [2.24, 2.45) is 10.9 Å². The van der Waals surface area contributed by atoms with Gasteiger partial charge in [0.1, 0.15) is 11.6 Å². The molecule has 7 nitrogen and oxygen atoms in total. The molecule has 2 aliphatic rings. The lowest BCUT2D eigenvalue weighted by atomic mass is 10.1. The predicted molar refractivity (Wildman–Crippen MR) is 98.8 cm³/mol. The zero-order valence-electron chi connectivity index (χ0n) is 15.7. The van der Waals surface area contributed by atoms with Gasteiger partial charge in [0.2, 0.25) is 0 Å². The van der Waals surface area contributed by atoms with Crippen LogP contribution in [-0.4, -0.2) is 66.0 Å². The maximum Gasteiger partial charge on any atom is 0.193 e. The Bertz CT molecular complexity index is 564. The van der Waals surface area contributed by atoms with Gasteiger partial charge in [-0.3, -0.25) is 4.99 Å². The van der Waals surface area contributed by atoms with Crippen molar-refractivity contribution < 1.29 is 4.74 Å². The summed E-state index contributed by atoms with van der Waals surface area (Å²) in [6.45, 7) is 4.75. The maximum absolute atomic E-state index is 5.46. The number of nitrogens with zero attached hydrogens (tertiary/aromatic N) is 5. The van der Waals surface area contributed by atoms with Crippen LogP contribution in [0, 0.1) is 5.92 Å². The highest BCUT2D eigenvalue weighted by molar-refractivity contribution is 5.79. The second-order valence-corrected chi connectivity index (χ2v) is 7.18. The quantitative estimate of drug-likeness (QED) is 0.479. The Morgan fingerprint density at radius 3 is 3.08 bits per heavy atom. The zero-order valence-corrected chi connectivity index (χ0v) is 15.7. The first-order valence-electron chi connectivity index (χ1n) is 9.68. The van der Waals surface area contributed by atoms with Gasteiger partial charge in [0.05, 0.1) is 6.61 Å². The van der Waals surface area contributed by atoms with Gasteiger partial charge in [-0.1, -0.05) is 6.42 Å². The number of rotatable bonds is 6. The Balaban J connectivity index is 1.42. The fourth-order valence-electron chi connectivity index (χ4n) is 3.76. The summed E-state index contributed by atoms with van der Waals surface area (Å²) >= 11 is 0.